The molecule has 2 aromatic carbocycles. The topological polar surface area (TPSA) is 60.0 Å². The SMILES string of the molecule is Cc1ccc(C(=O)NC[C@H](c2ccc3c(c2)OCO3)N2CCOCC2)cc1. The normalized spacial score (nSPS) is 17.5. The van der Waals surface area contributed by atoms with Crippen molar-refractivity contribution >= 4 is 5.91 Å². The van der Waals surface area contributed by atoms with Crippen LogP contribution in [0.2, 0.25) is 0 Å². The molecule has 2 aromatic rings. The van der Waals surface area contributed by atoms with Crippen molar-refractivity contribution in [3.8, 4) is 11.5 Å². The number of carbonyl (C=O) groups excluding carboxylic acids is 1. The number of benzene rings is 2. The molecular formula is C21H24N2O4. The van der Waals surface area contributed by atoms with Gasteiger partial charge in [0.25, 0.3) is 5.91 Å². The van der Waals surface area contributed by atoms with E-state index in [0.717, 1.165) is 35.7 Å². The van der Waals surface area contributed by atoms with Crippen LogP contribution in [0.15, 0.2) is 42.5 Å². The average Bonchev–Trinajstić information content (AvgIpc) is 3.17. The predicted molar refractivity (Wildman–Crippen MR) is 101 cm³/mol. The van der Waals surface area contributed by atoms with Crippen molar-refractivity contribution in [1.29, 1.82) is 0 Å². The molecular weight excluding hydrogens is 344 g/mol. The van der Waals surface area contributed by atoms with Gasteiger partial charge in [0, 0.05) is 25.2 Å². The van der Waals surface area contributed by atoms with Gasteiger partial charge in [-0.3, -0.25) is 9.69 Å². The lowest BCUT2D eigenvalue weighted by Gasteiger charge is -2.35. The van der Waals surface area contributed by atoms with Crippen molar-refractivity contribution in [2.24, 2.45) is 0 Å². The summed E-state index contributed by atoms with van der Waals surface area (Å²) in [5, 5.41) is 3.09. The summed E-state index contributed by atoms with van der Waals surface area (Å²) in [4.78, 5) is 14.9. The van der Waals surface area contributed by atoms with Crippen molar-refractivity contribution in [1.82, 2.24) is 10.2 Å². The highest BCUT2D eigenvalue weighted by Crippen LogP contribution is 2.35. The molecule has 4 rings (SSSR count). The number of nitrogens with one attached hydrogen (secondary N) is 1. The van der Waals surface area contributed by atoms with Crippen molar-refractivity contribution in [2.45, 2.75) is 13.0 Å². The highest BCUT2D eigenvalue weighted by molar-refractivity contribution is 5.94. The molecule has 0 aromatic heterocycles. The number of nitrogens with zero attached hydrogens (tertiary/aromatic N) is 1. The van der Waals surface area contributed by atoms with Crippen LogP contribution < -0.4 is 14.8 Å². The van der Waals surface area contributed by atoms with Gasteiger partial charge < -0.3 is 19.5 Å². The van der Waals surface area contributed by atoms with Crippen molar-refractivity contribution in [2.75, 3.05) is 39.6 Å². The zero-order valence-electron chi connectivity index (χ0n) is 15.4. The Morgan fingerprint density at radius 2 is 1.81 bits per heavy atom. The molecule has 2 heterocycles. The second kappa shape index (κ2) is 7.98. The van der Waals surface area contributed by atoms with Crippen LogP contribution in [0.25, 0.3) is 0 Å². The number of carbonyl (C=O) groups is 1. The quantitative estimate of drug-likeness (QED) is 0.879. The molecule has 1 fully saturated rings. The number of fused-ring (bicyclic) bond motifs is 1. The Hall–Kier alpha value is -2.57. The summed E-state index contributed by atoms with van der Waals surface area (Å²) in [6.45, 7) is 5.85. The van der Waals surface area contributed by atoms with Gasteiger partial charge in [-0.15, -0.1) is 0 Å². The number of rotatable bonds is 5. The number of hydrogen-bond acceptors (Lipinski definition) is 5. The van der Waals surface area contributed by atoms with E-state index in [1.165, 1.54) is 0 Å². The molecule has 1 saturated heterocycles. The minimum atomic E-state index is -0.0611. The molecule has 0 bridgehead atoms. The van der Waals surface area contributed by atoms with Crippen LogP contribution in [0.3, 0.4) is 0 Å². The summed E-state index contributed by atoms with van der Waals surface area (Å²) in [7, 11) is 0. The zero-order chi connectivity index (χ0) is 18.6. The second-order valence-corrected chi connectivity index (χ2v) is 6.85. The number of amides is 1. The van der Waals surface area contributed by atoms with Crippen molar-refractivity contribution in [3.05, 3.63) is 59.2 Å². The standard InChI is InChI=1S/C21H24N2O4/c1-15-2-4-16(5-3-15)21(24)22-13-18(23-8-10-25-11-9-23)17-6-7-19-20(12-17)27-14-26-19/h2-7,12,18H,8-11,13-14H2,1H3,(H,22,24)/t18-/m1/s1. The van der Waals surface area contributed by atoms with Gasteiger partial charge in [-0.2, -0.15) is 0 Å². The van der Waals surface area contributed by atoms with Crippen LogP contribution in [-0.2, 0) is 4.74 Å². The molecule has 0 radical (unpaired) electrons. The number of morpholine rings is 1. The summed E-state index contributed by atoms with van der Waals surface area (Å²) >= 11 is 0. The fourth-order valence-corrected chi connectivity index (χ4v) is 3.46. The molecule has 0 aliphatic carbocycles. The third-order valence-corrected chi connectivity index (χ3v) is 5.04. The first kappa shape index (κ1) is 17.8. The maximum Gasteiger partial charge on any atom is 0.251 e. The van der Waals surface area contributed by atoms with Crippen LogP contribution in [0.1, 0.15) is 27.5 Å². The van der Waals surface area contributed by atoms with E-state index in [9.17, 15) is 4.79 Å². The highest BCUT2D eigenvalue weighted by Gasteiger charge is 2.25. The number of ether oxygens (including phenoxy) is 3. The Morgan fingerprint density at radius 3 is 2.59 bits per heavy atom. The van der Waals surface area contributed by atoms with E-state index in [4.69, 9.17) is 14.2 Å². The molecule has 6 heteroatoms. The first-order valence-electron chi connectivity index (χ1n) is 9.27. The van der Waals surface area contributed by atoms with Crippen LogP contribution in [0.4, 0.5) is 0 Å². The van der Waals surface area contributed by atoms with E-state index in [-0.39, 0.29) is 18.7 Å². The monoisotopic (exact) mass is 368 g/mol. The van der Waals surface area contributed by atoms with E-state index in [0.29, 0.717) is 25.3 Å². The van der Waals surface area contributed by atoms with Crippen LogP contribution in [0, 0.1) is 6.92 Å². The average molecular weight is 368 g/mol. The molecule has 27 heavy (non-hydrogen) atoms. The molecule has 0 saturated carbocycles. The molecule has 0 unspecified atom stereocenters. The van der Waals surface area contributed by atoms with Crippen LogP contribution in [0.5, 0.6) is 11.5 Å². The minimum absolute atomic E-state index is 0.0535. The number of aryl methyl sites for hydroxylation is 1. The Kier molecular flexibility index (Phi) is 5.27. The third kappa shape index (κ3) is 4.07. The Balaban J connectivity index is 1.51. The molecule has 2 aliphatic rings. The molecule has 1 N–H and O–H groups in total. The van der Waals surface area contributed by atoms with Gasteiger partial charge >= 0.3 is 0 Å². The van der Waals surface area contributed by atoms with Gasteiger partial charge in [0.2, 0.25) is 6.79 Å². The van der Waals surface area contributed by atoms with Gasteiger partial charge in [-0.25, -0.2) is 0 Å². The van der Waals surface area contributed by atoms with Gasteiger partial charge in [0.1, 0.15) is 0 Å². The van der Waals surface area contributed by atoms with Gasteiger partial charge in [0.05, 0.1) is 19.3 Å². The number of hydrogen-bond donors (Lipinski definition) is 1. The molecule has 6 nitrogen and oxygen atoms in total. The smallest absolute Gasteiger partial charge is 0.251 e. The fourth-order valence-electron chi connectivity index (χ4n) is 3.46. The maximum absolute atomic E-state index is 12.6. The Bertz CT molecular complexity index is 800. The van der Waals surface area contributed by atoms with Crippen LogP contribution >= 0.6 is 0 Å². The summed E-state index contributed by atoms with van der Waals surface area (Å²) in [6, 6.07) is 13.7. The van der Waals surface area contributed by atoms with E-state index in [2.05, 4.69) is 10.2 Å². The lowest BCUT2D eigenvalue weighted by molar-refractivity contribution is 0.0162. The summed E-state index contributed by atoms with van der Waals surface area (Å²) in [5.41, 5.74) is 2.91. The van der Waals surface area contributed by atoms with E-state index >= 15 is 0 Å². The van der Waals surface area contributed by atoms with Crippen molar-refractivity contribution < 1.29 is 19.0 Å². The van der Waals surface area contributed by atoms with Gasteiger partial charge in [-0.05, 0) is 36.8 Å². The largest absolute Gasteiger partial charge is 0.454 e. The summed E-state index contributed by atoms with van der Waals surface area (Å²) < 4.78 is 16.4. The van der Waals surface area contributed by atoms with E-state index in [1.807, 2.05) is 49.4 Å². The van der Waals surface area contributed by atoms with E-state index < -0.39 is 0 Å². The third-order valence-electron chi connectivity index (χ3n) is 5.04. The van der Waals surface area contributed by atoms with Gasteiger partial charge in [0.15, 0.2) is 11.5 Å². The Morgan fingerprint density at radius 1 is 1.07 bits per heavy atom. The first-order valence-corrected chi connectivity index (χ1v) is 9.27. The second-order valence-electron chi connectivity index (χ2n) is 6.85. The Labute approximate surface area is 159 Å². The molecule has 2 aliphatic heterocycles. The predicted octanol–water partition coefficient (Wildman–Crippen LogP) is 2.53. The fraction of sp³-hybridized carbons (Fsp3) is 0.381. The van der Waals surface area contributed by atoms with Crippen LogP contribution in [-0.4, -0.2) is 50.4 Å². The molecule has 1 amide bonds. The molecule has 142 valence electrons. The lowest BCUT2D eigenvalue weighted by atomic mass is 10.0. The van der Waals surface area contributed by atoms with Gasteiger partial charge in [-0.1, -0.05) is 23.8 Å². The zero-order valence-corrected chi connectivity index (χ0v) is 15.4. The molecule has 0 spiro atoms. The van der Waals surface area contributed by atoms with E-state index in [1.54, 1.807) is 0 Å². The molecule has 1 atom stereocenters. The lowest BCUT2D eigenvalue weighted by Crippen LogP contribution is -2.43. The summed E-state index contributed by atoms with van der Waals surface area (Å²) in [5.74, 6) is 1.47. The highest BCUT2D eigenvalue weighted by atomic mass is 16.7. The summed E-state index contributed by atoms with van der Waals surface area (Å²) in [6.07, 6.45) is 0. The maximum atomic E-state index is 12.6. The van der Waals surface area contributed by atoms with Crippen molar-refractivity contribution in [3.63, 3.8) is 0 Å². The minimum Gasteiger partial charge on any atom is -0.454 e. The first-order chi connectivity index (χ1) is 13.2.